The van der Waals surface area contributed by atoms with E-state index in [-0.39, 0.29) is 5.82 Å². The van der Waals surface area contributed by atoms with E-state index in [1.807, 2.05) is 6.07 Å². The fraction of sp³-hybridized carbons (Fsp3) is 0.562. The molecule has 2 heterocycles. The summed E-state index contributed by atoms with van der Waals surface area (Å²) in [4.78, 5) is 4.92. The number of hydrogen-bond donors (Lipinski definition) is 0. The number of nitrogens with zero attached hydrogens (tertiary/aromatic N) is 3. The third-order valence-electron chi connectivity index (χ3n) is 4.50. The molecule has 1 aromatic carbocycles. The van der Waals surface area contributed by atoms with Gasteiger partial charge in [0.15, 0.2) is 0 Å². The van der Waals surface area contributed by atoms with Crippen LogP contribution in [-0.4, -0.2) is 42.0 Å². The van der Waals surface area contributed by atoms with Gasteiger partial charge in [-0.1, -0.05) is 12.5 Å². The molecule has 0 aromatic heterocycles. The van der Waals surface area contributed by atoms with Crippen molar-refractivity contribution in [1.82, 2.24) is 9.80 Å². The predicted octanol–water partition coefficient (Wildman–Crippen LogP) is 2.37. The van der Waals surface area contributed by atoms with Crippen LogP contribution in [0.4, 0.5) is 4.39 Å². The lowest BCUT2D eigenvalue weighted by Crippen LogP contribution is -2.54. The van der Waals surface area contributed by atoms with Crippen LogP contribution >= 0.6 is 0 Å². The molecule has 2 fully saturated rings. The lowest BCUT2D eigenvalue weighted by atomic mass is 9.99. The first-order chi connectivity index (χ1) is 9.76. The van der Waals surface area contributed by atoms with Gasteiger partial charge in [0.25, 0.3) is 0 Å². The van der Waals surface area contributed by atoms with E-state index in [4.69, 9.17) is 5.26 Å². The Morgan fingerprint density at radius 2 is 2.15 bits per heavy atom. The average molecular weight is 273 g/mol. The highest BCUT2D eigenvalue weighted by atomic mass is 19.1. The van der Waals surface area contributed by atoms with Crippen molar-refractivity contribution in [3.63, 3.8) is 0 Å². The fourth-order valence-corrected chi connectivity index (χ4v) is 3.35. The van der Waals surface area contributed by atoms with Crippen molar-refractivity contribution in [2.75, 3.05) is 26.2 Å². The number of rotatable bonds is 2. The standard InChI is InChI=1S/C16H20FN3/c17-16-9-13(10-18)4-5-14(16)11-19-7-8-20-6-2-1-3-15(20)12-19/h4-5,9,15H,1-3,6-8,11-12H2. The second-order valence-corrected chi connectivity index (χ2v) is 5.84. The van der Waals surface area contributed by atoms with Crippen LogP contribution in [0.15, 0.2) is 18.2 Å². The van der Waals surface area contributed by atoms with E-state index in [2.05, 4.69) is 9.80 Å². The normalized spacial score (nSPS) is 24.1. The van der Waals surface area contributed by atoms with E-state index in [0.717, 1.165) is 19.6 Å². The van der Waals surface area contributed by atoms with Crippen LogP contribution in [0.25, 0.3) is 0 Å². The third kappa shape index (κ3) is 2.84. The molecule has 3 nitrogen and oxygen atoms in total. The van der Waals surface area contributed by atoms with Crippen LogP contribution in [0.1, 0.15) is 30.4 Å². The van der Waals surface area contributed by atoms with Crippen LogP contribution in [0, 0.1) is 17.1 Å². The molecule has 4 heteroatoms. The van der Waals surface area contributed by atoms with Gasteiger partial charge < -0.3 is 0 Å². The summed E-state index contributed by atoms with van der Waals surface area (Å²) >= 11 is 0. The number of piperidine rings is 1. The van der Waals surface area contributed by atoms with Crippen LogP contribution in [0.3, 0.4) is 0 Å². The molecule has 0 amide bonds. The monoisotopic (exact) mass is 273 g/mol. The summed E-state index contributed by atoms with van der Waals surface area (Å²) in [7, 11) is 0. The molecule has 0 saturated carbocycles. The molecule has 1 aromatic rings. The molecule has 20 heavy (non-hydrogen) atoms. The Kier molecular flexibility index (Phi) is 4.00. The van der Waals surface area contributed by atoms with Crippen molar-refractivity contribution in [2.45, 2.75) is 31.8 Å². The number of piperazine rings is 1. The topological polar surface area (TPSA) is 30.3 Å². The molecule has 2 saturated heterocycles. The Hall–Kier alpha value is -1.44. The van der Waals surface area contributed by atoms with Gasteiger partial charge in [-0.2, -0.15) is 5.26 Å². The van der Waals surface area contributed by atoms with Crippen molar-refractivity contribution in [1.29, 1.82) is 5.26 Å². The van der Waals surface area contributed by atoms with Gasteiger partial charge in [0.1, 0.15) is 5.82 Å². The summed E-state index contributed by atoms with van der Waals surface area (Å²) < 4.78 is 13.9. The number of fused-ring (bicyclic) bond motifs is 1. The highest BCUT2D eigenvalue weighted by molar-refractivity contribution is 5.32. The Bertz CT molecular complexity index is 523. The summed E-state index contributed by atoms with van der Waals surface area (Å²) in [5.41, 5.74) is 1.09. The third-order valence-corrected chi connectivity index (χ3v) is 4.50. The van der Waals surface area contributed by atoms with Crippen molar-refractivity contribution in [3.05, 3.63) is 35.1 Å². The summed E-state index contributed by atoms with van der Waals surface area (Å²) in [6, 6.07) is 7.42. The maximum Gasteiger partial charge on any atom is 0.129 e. The van der Waals surface area contributed by atoms with Gasteiger partial charge in [-0.25, -0.2) is 4.39 Å². The maximum atomic E-state index is 13.9. The first-order valence-corrected chi connectivity index (χ1v) is 7.41. The zero-order valence-corrected chi connectivity index (χ0v) is 11.7. The predicted molar refractivity (Wildman–Crippen MR) is 75.6 cm³/mol. The summed E-state index contributed by atoms with van der Waals surface area (Å²) in [5.74, 6) is -0.255. The van der Waals surface area contributed by atoms with E-state index in [0.29, 0.717) is 23.7 Å². The number of halogens is 1. The molecule has 0 radical (unpaired) electrons. The molecule has 1 unspecified atom stereocenters. The minimum atomic E-state index is -0.255. The molecule has 3 rings (SSSR count). The Labute approximate surface area is 119 Å². The van der Waals surface area contributed by atoms with Gasteiger partial charge in [0, 0.05) is 37.8 Å². The van der Waals surface area contributed by atoms with Crippen LogP contribution < -0.4 is 0 Å². The Morgan fingerprint density at radius 1 is 1.25 bits per heavy atom. The number of hydrogen-bond acceptors (Lipinski definition) is 3. The van der Waals surface area contributed by atoms with Gasteiger partial charge >= 0.3 is 0 Å². The van der Waals surface area contributed by atoms with Gasteiger partial charge in [-0.15, -0.1) is 0 Å². The lowest BCUT2D eigenvalue weighted by molar-refractivity contribution is 0.0452. The van der Waals surface area contributed by atoms with Crippen LogP contribution in [0.5, 0.6) is 0 Å². The zero-order valence-electron chi connectivity index (χ0n) is 11.7. The second-order valence-electron chi connectivity index (χ2n) is 5.84. The summed E-state index contributed by atoms with van der Waals surface area (Å²) in [6.45, 7) is 5.03. The second kappa shape index (κ2) is 5.90. The lowest BCUT2D eigenvalue weighted by Gasteiger charge is -2.44. The van der Waals surface area contributed by atoms with Gasteiger partial charge in [-0.05, 0) is 31.5 Å². The van der Waals surface area contributed by atoms with E-state index in [1.54, 1.807) is 12.1 Å². The number of nitriles is 1. The van der Waals surface area contributed by atoms with Crippen LogP contribution in [0.2, 0.25) is 0 Å². The highest BCUT2D eigenvalue weighted by Gasteiger charge is 2.28. The van der Waals surface area contributed by atoms with E-state index in [9.17, 15) is 4.39 Å². The Morgan fingerprint density at radius 3 is 2.95 bits per heavy atom. The zero-order chi connectivity index (χ0) is 13.9. The largest absolute Gasteiger partial charge is 0.298 e. The smallest absolute Gasteiger partial charge is 0.129 e. The fourth-order valence-electron chi connectivity index (χ4n) is 3.35. The van der Waals surface area contributed by atoms with E-state index >= 15 is 0 Å². The van der Waals surface area contributed by atoms with E-state index < -0.39 is 0 Å². The molecular weight excluding hydrogens is 253 g/mol. The molecule has 2 aliphatic heterocycles. The molecule has 2 aliphatic rings. The molecular formula is C16H20FN3. The molecule has 0 bridgehead atoms. The van der Waals surface area contributed by atoms with Crippen molar-refractivity contribution in [3.8, 4) is 6.07 Å². The Balaban J connectivity index is 1.65. The van der Waals surface area contributed by atoms with E-state index in [1.165, 1.54) is 31.9 Å². The maximum absolute atomic E-state index is 13.9. The minimum Gasteiger partial charge on any atom is -0.298 e. The number of benzene rings is 1. The van der Waals surface area contributed by atoms with Gasteiger partial charge in [-0.3, -0.25) is 9.80 Å². The van der Waals surface area contributed by atoms with Crippen molar-refractivity contribution >= 4 is 0 Å². The highest BCUT2D eigenvalue weighted by Crippen LogP contribution is 2.22. The molecule has 0 N–H and O–H groups in total. The SMILES string of the molecule is N#Cc1ccc(CN2CCN3CCCCC3C2)c(F)c1. The summed E-state index contributed by atoms with van der Waals surface area (Å²) in [6.07, 6.45) is 3.91. The van der Waals surface area contributed by atoms with Gasteiger partial charge in [0.05, 0.1) is 11.6 Å². The first kappa shape index (κ1) is 13.5. The van der Waals surface area contributed by atoms with Crippen LogP contribution in [-0.2, 0) is 6.54 Å². The minimum absolute atomic E-state index is 0.255. The summed E-state index contributed by atoms with van der Waals surface area (Å²) in [5, 5.41) is 8.77. The first-order valence-electron chi connectivity index (χ1n) is 7.41. The van der Waals surface area contributed by atoms with Gasteiger partial charge in [0.2, 0.25) is 0 Å². The molecule has 106 valence electrons. The molecule has 1 atom stereocenters. The quantitative estimate of drug-likeness (QED) is 0.828. The molecule has 0 aliphatic carbocycles. The molecule has 0 spiro atoms. The average Bonchev–Trinajstić information content (AvgIpc) is 2.49. The van der Waals surface area contributed by atoms with Crippen molar-refractivity contribution in [2.24, 2.45) is 0 Å². The van der Waals surface area contributed by atoms with Crippen molar-refractivity contribution < 1.29 is 4.39 Å².